The molecule has 6 nitrogen and oxygen atoms in total. The van der Waals surface area contributed by atoms with Crippen LogP contribution in [0, 0.1) is 10.1 Å². The van der Waals surface area contributed by atoms with Crippen LogP contribution < -0.4 is 4.90 Å². The number of aliphatic hydroxyl groups is 2. The van der Waals surface area contributed by atoms with Crippen LogP contribution in [-0.2, 0) is 0 Å². The van der Waals surface area contributed by atoms with Gasteiger partial charge in [0.25, 0.3) is 12.1 Å². The Morgan fingerprint density at radius 1 is 1.26 bits per heavy atom. The summed E-state index contributed by atoms with van der Waals surface area (Å²) < 4.78 is 25.9. The van der Waals surface area contributed by atoms with Gasteiger partial charge in [0.15, 0.2) is 0 Å². The number of aliphatic hydroxyl groups excluding tert-OH is 2. The van der Waals surface area contributed by atoms with Gasteiger partial charge in [-0.2, -0.15) is 0 Å². The van der Waals surface area contributed by atoms with E-state index in [4.69, 9.17) is 10.2 Å². The molecule has 0 fully saturated rings. The van der Waals surface area contributed by atoms with Crippen molar-refractivity contribution in [3.05, 3.63) is 33.9 Å². The summed E-state index contributed by atoms with van der Waals surface area (Å²) in [4.78, 5) is 11.2. The van der Waals surface area contributed by atoms with E-state index in [1.807, 2.05) is 0 Å². The SMILES string of the molecule is O=[N+]([O-])c1ccc(N(CCO)CCO)c(C(F)F)c1. The number of nitrogens with zero attached hydrogens (tertiary/aromatic N) is 2. The van der Waals surface area contributed by atoms with Crippen molar-refractivity contribution in [2.45, 2.75) is 6.43 Å². The van der Waals surface area contributed by atoms with E-state index in [-0.39, 0.29) is 32.0 Å². The fourth-order valence-electron chi connectivity index (χ4n) is 1.71. The van der Waals surface area contributed by atoms with E-state index in [1.54, 1.807) is 0 Å². The van der Waals surface area contributed by atoms with Crippen molar-refractivity contribution >= 4 is 11.4 Å². The lowest BCUT2D eigenvalue weighted by Gasteiger charge is -2.25. The molecule has 19 heavy (non-hydrogen) atoms. The van der Waals surface area contributed by atoms with Gasteiger partial charge < -0.3 is 15.1 Å². The van der Waals surface area contributed by atoms with Crippen LogP contribution >= 0.6 is 0 Å². The molecule has 0 bridgehead atoms. The van der Waals surface area contributed by atoms with Crippen molar-refractivity contribution in [1.82, 2.24) is 0 Å². The molecule has 8 heteroatoms. The number of hydrogen-bond donors (Lipinski definition) is 2. The minimum atomic E-state index is -2.88. The predicted molar refractivity (Wildman–Crippen MR) is 64.4 cm³/mol. The van der Waals surface area contributed by atoms with Gasteiger partial charge in [0.1, 0.15) is 0 Å². The lowest BCUT2D eigenvalue weighted by Crippen LogP contribution is -2.30. The maximum Gasteiger partial charge on any atom is 0.270 e. The van der Waals surface area contributed by atoms with Gasteiger partial charge in [-0.25, -0.2) is 8.78 Å². The van der Waals surface area contributed by atoms with E-state index in [2.05, 4.69) is 0 Å². The topological polar surface area (TPSA) is 86.8 Å². The molecule has 0 radical (unpaired) electrons. The number of non-ortho nitro benzene ring substituents is 1. The second-order valence-electron chi connectivity index (χ2n) is 3.74. The first kappa shape index (κ1) is 15.3. The van der Waals surface area contributed by atoms with E-state index in [1.165, 1.54) is 11.0 Å². The van der Waals surface area contributed by atoms with Crippen molar-refractivity contribution in [3.8, 4) is 0 Å². The number of nitro groups is 1. The molecule has 0 heterocycles. The molecular formula is C11H14F2N2O4. The molecule has 106 valence electrons. The Labute approximate surface area is 108 Å². The molecule has 0 aromatic heterocycles. The third-order valence-electron chi connectivity index (χ3n) is 2.54. The highest BCUT2D eigenvalue weighted by Gasteiger charge is 2.21. The quantitative estimate of drug-likeness (QED) is 0.579. The van der Waals surface area contributed by atoms with Crippen molar-refractivity contribution in [1.29, 1.82) is 0 Å². The highest BCUT2D eigenvalue weighted by Crippen LogP contribution is 2.32. The third kappa shape index (κ3) is 3.83. The molecular weight excluding hydrogens is 262 g/mol. The second-order valence-corrected chi connectivity index (χ2v) is 3.74. The average Bonchev–Trinajstić information content (AvgIpc) is 2.37. The molecule has 0 saturated carbocycles. The van der Waals surface area contributed by atoms with Gasteiger partial charge in [-0.1, -0.05) is 0 Å². The molecule has 0 atom stereocenters. The summed E-state index contributed by atoms with van der Waals surface area (Å²) in [5.74, 6) is 0. The van der Waals surface area contributed by atoms with Crippen LogP contribution in [-0.4, -0.2) is 41.4 Å². The summed E-state index contributed by atoms with van der Waals surface area (Å²) in [6.45, 7) is -0.449. The van der Waals surface area contributed by atoms with Crippen LogP contribution in [0.15, 0.2) is 18.2 Å². The molecule has 0 saturated heterocycles. The molecule has 1 rings (SSSR count). The minimum Gasteiger partial charge on any atom is -0.395 e. The Morgan fingerprint density at radius 2 is 1.84 bits per heavy atom. The average molecular weight is 276 g/mol. The Hall–Kier alpha value is -1.80. The summed E-state index contributed by atoms with van der Waals surface area (Å²) >= 11 is 0. The lowest BCUT2D eigenvalue weighted by atomic mass is 10.1. The van der Waals surface area contributed by atoms with Gasteiger partial charge >= 0.3 is 0 Å². The summed E-state index contributed by atoms with van der Waals surface area (Å²) in [5, 5.41) is 28.3. The van der Waals surface area contributed by atoms with Gasteiger partial charge in [0.2, 0.25) is 0 Å². The molecule has 1 aromatic rings. The van der Waals surface area contributed by atoms with Crippen molar-refractivity contribution in [2.24, 2.45) is 0 Å². The zero-order valence-electron chi connectivity index (χ0n) is 10.00. The van der Waals surface area contributed by atoms with Gasteiger partial charge in [0.05, 0.1) is 18.1 Å². The van der Waals surface area contributed by atoms with E-state index in [0.717, 1.165) is 12.1 Å². The number of nitro benzene ring substituents is 1. The fourth-order valence-corrected chi connectivity index (χ4v) is 1.71. The van der Waals surface area contributed by atoms with Crippen LogP contribution in [0.25, 0.3) is 0 Å². The predicted octanol–water partition coefficient (Wildman–Crippen LogP) is 1.32. The standard InChI is InChI=1S/C11H14F2N2O4/c12-11(13)9-7-8(15(18)19)1-2-10(9)14(3-5-16)4-6-17/h1-2,7,11,16-17H,3-6H2. The first-order valence-electron chi connectivity index (χ1n) is 5.54. The Morgan fingerprint density at radius 3 is 2.26 bits per heavy atom. The Balaban J connectivity index is 3.20. The molecule has 0 aliphatic heterocycles. The van der Waals surface area contributed by atoms with Gasteiger partial charge in [-0.15, -0.1) is 0 Å². The Kier molecular flexibility index (Phi) is 5.58. The van der Waals surface area contributed by atoms with Crippen LogP contribution in [0.4, 0.5) is 20.2 Å². The molecule has 2 N–H and O–H groups in total. The van der Waals surface area contributed by atoms with Crippen LogP contribution in [0.5, 0.6) is 0 Å². The number of anilines is 1. The maximum absolute atomic E-state index is 12.9. The monoisotopic (exact) mass is 276 g/mol. The van der Waals surface area contributed by atoms with Crippen LogP contribution in [0.1, 0.15) is 12.0 Å². The fraction of sp³-hybridized carbons (Fsp3) is 0.455. The van der Waals surface area contributed by atoms with Crippen molar-refractivity contribution in [2.75, 3.05) is 31.2 Å². The van der Waals surface area contributed by atoms with Crippen molar-refractivity contribution < 1.29 is 23.9 Å². The summed E-state index contributed by atoms with van der Waals surface area (Å²) in [6.07, 6.45) is -2.88. The molecule has 1 aromatic carbocycles. The minimum absolute atomic E-state index is 0.0537. The van der Waals surface area contributed by atoms with E-state index < -0.39 is 22.6 Å². The summed E-state index contributed by atoms with van der Waals surface area (Å²) in [5.41, 5.74) is -0.841. The number of benzene rings is 1. The highest BCUT2D eigenvalue weighted by molar-refractivity contribution is 5.58. The van der Waals surface area contributed by atoms with Crippen LogP contribution in [0.2, 0.25) is 0 Å². The molecule has 0 amide bonds. The van der Waals surface area contributed by atoms with Crippen molar-refractivity contribution in [3.63, 3.8) is 0 Å². The lowest BCUT2D eigenvalue weighted by molar-refractivity contribution is -0.385. The first-order chi connectivity index (χ1) is 9.01. The molecule has 0 unspecified atom stereocenters. The Bertz CT molecular complexity index is 437. The van der Waals surface area contributed by atoms with E-state index in [0.29, 0.717) is 0 Å². The summed E-state index contributed by atoms with van der Waals surface area (Å²) in [7, 11) is 0. The number of hydrogen-bond acceptors (Lipinski definition) is 5. The first-order valence-corrected chi connectivity index (χ1v) is 5.54. The highest BCUT2D eigenvalue weighted by atomic mass is 19.3. The third-order valence-corrected chi connectivity index (χ3v) is 2.54. The normalized spacial score (nSPS) is 10.8. The zero-order valence-corrected chi connectivity index (χ0v) is 10.00. The van der Waals surface area contributed by atoms with Crippen LogP contribution in [0.3, 0.4) is 0 Å². The molecule has 0 aliphatic rings. The summed E-state index contributed by atoms with van der Waals surface area (Å²) in [6, 6.07) is 3.12. The van der Waals surface area contributed by atoms with E-state index in [9.17, 15) is 18.9 Å². The number of rotatable bonds is 7. The number of alkyl halides is 2. The van der Waals surface area contributed by atoms with Gasteiger partial charge in [-0.3, -0.25) is 10.1 Å². The maximum atomic E-state index is 12.9. The second kappa shape index (κ2) is 6.95. The zero-order chi connectivity index (χ0) is 14.4. The van der Waals surface area contributed by atoms with Gasteiger partial charge in [-0.05, 0) is 6.07 Å². The van der Waals surface area contributed by atoms with E-state index >= 15 is 0 Å². The molecule has 0 spiro atoms. The smallest absolute Gasteiger partial charge is 0.270 e. The largest absolute Gasteiger partial charge is 0.395 e. The van der Waals surface area contributed by atoms with Gasteiger partial charge in [0, 0.05) is 36.5 Å². The number of halogens is 2. The molecule has 0 aliphatic carbocycles.